The number of nitrogens with zero attached hydrogens (tertiary/aromatic N) is 3. The van der Waals surface area contributed by atoms with Gasteiger partial charge in [-0.15, -0.1) is 0 Å². The van der Waals surface area contributed by atoms with Gasteiger partial charge in [0.15, 0.2) is 5.60 Å². The van der Waals surface area contributed by atoms with Crippen molar-refractivity contribution in [2.24, 2.45) is 0 Å². The van der Waals surface area contributed by atoms with Crippen molar-refractivity contribution in [1.29, 1.82) is 0 Å². The van der Waals surface area contributed by atoms with Gasteiger partial charge < -0.3 is 19.3 Å². The van der Waals surface area contributed by atoms with Gasteiger partial charge in [0.2, 0.25) is 5.91 Å². The summed E-state index contributed by atoms with van der Waals surface area (Å²) in [6.45, 7) is 9.62. The van der Waals surface area contributed by atoms with Gasteiger partial charge in [0.1, 0.15) is 0 Å². The maximum atomic E-state index is 13.2. The molecule has 7 nitrogen and oxygen atoms in total. The molecule has 0 bridgehead atoms. The second-order valence-corrected chi connectivity index (χ2v) is 7.60. The number of morpholine rings is 2. The van der Waals surface area contributed by atoms with E-state index in [1.807, 2.05) is 23.6 Å². The number of hydrogen-bond acceptors (Lipinski definition) is 5. The number of amides is 2. The number of hydrogen-bond donors (Lipinski definition) is 0. The highest BCUT2D eigenvalue weighted by Crippen LogP contribution is 2.30. The van der Waals surface area contributed by atoms with Gasteiger partial charge in [-0.1, -0.05) is 0 Å². The molecular weight excluding hydrogens is 322 g/mol. The van der Waals surface area contributed by atoms with Crippen LogP contribution in [0.4, 0.5) is 0 Å². The lowest BCUT2D eigenvalue weighted by Crippen LogP contribution is -2.62. The van der Waals surface area contributed by atoms with E-state index in [2.05, 4.69) is 4.90 Å². The molecule has 1 unspecified atom stereocenters. The summed E-state index contributed by atoms with van der Waals surface area (Å²) in [5, 5.41) is 0. The van der Waals surface area contributed by atoms with E-state index in [0.29, 0.717) is 45.9 Å². The van der Waals surface area contributed by atoms with Gasteiger partial charge >= 0.3 is 0 Å². The zero-order valence-electron chi connectivity index (χ0n) is 15.5. The monoisotopic (exact) mass is 353 g/mol. The molecule has 3 aliphatic heterocycles. The fourth-order valence-corrected chi connectivity index (χ4v) is 3.98. The first-order chi connectivity index (χ1) is 12.0. The van der Waals surface area contributed by atoms with E-state index in [4.69, 9.17) is 9.47 Å². The van der Waals surface area contributed by atoms with Crippen LogP contribution in [0.5, 0.6) is 0 Å². The Balaban J connectivity index is 1.68. The van der Waals surface area contributed by atoms with Crippen molar-refractivity contribution >= 4 is 11.8 Å². The second-order valence-electron chi connectivity index (χ2n) is 7.60. The van der Waals surface area contributed by atoms with E-state index in [1.54, 1.807) is 0 Å². The van der Waals surface area contributed by atoms with Gasteiger partial charge in [-0.25, -0.2) is 0 Å². The van der Waals surface area contributed by atoms with Crippen LogP contribution in [-0.2, 0) is 19.1 Å². The summed E-state index contributed by atoms with van der Waals surface area (Å²) < 4.78 is 11.4. The first-order valence-corrected chi connectivity index (χ1v) is 9.55. The molecule has 0 radical (unpaired) electrons. The summed E-state index contributed by atoms with van der Waals surface area (Å²) in [5.41, 5.74) is -0.848. The highest BCUT2D eigenvalue weighted by molar-refractivity contribution is 5.87. The standard InChI is InChI=1S/C18H31N3O4/c1-15(2)21-6-4-3-5-18(17(21)23)14-20(9-12-25-18)16(22)13-19-7-10-24-11-8-19/h15H,3-14H2,1-2H3. The van der Waals surface area contributed by atoms with Crippen molar-refractivity contribution in [1.82, 2.24) is 14.7 Å². The van der Waals surface area contributed by atoms with E-state index in [-0.39, 0.29) is 17.9 Å². The van der Waals surface area contributed by atoms with Crippen LogP contribution in [0.2, 0.25) is 0 Å². The fourth-order valence-electron chi connectivity index (χ4n) is 3.98. The number of carbonyl (C=O) groups is 2. The summed E-state index contributed by atoms with van der Waals surface area (Å²) >= 11 is 0. The SMILES string of the molecule is CC(C)N1CCCCC2(CN(C(=O)CN3CCOCC3)CCO2)C1=O. The summed E-state index contributed by atoms with van der Waals surface area (Å²) in [6, 6.07) is 0.158. The van der Waals surface area contributed by atoms with Crippen molar-refractivity contribution in [2.75, 3.05) is 59.1 Å². The van der Waals surface area contributed by atoms with E-state index >= 15 is 0 Å². The molecule has 25 heavy (non-hydrogen) atoms. The number of ether oxygens (including phenoxy) is 2. The summed E-state index contributed by atoms with van der Waals surface area (Å²) in [6.07, 6.45) is 2.66. The van der Waals surface area contributed by atoms with Gasteiger partial charge in [-0.3, -0.25) is 14.5 Å². The maximum absolute atomic E-state index is 13.2. The molecule has 0 N–H and O–H groups in total. The predicted octanol–water partition coefficient (Wildman–Crippen LogP) is 0.337. The first-order valence-electron chi connectivity index (χ1n) is 9.55. The summed E-state index contributed by atoms with van der Waals surface area (Å²) in [7, 11) is 0. The maximum Gasteiger partial charge on any atom is 0.256 e. The van der Waals surface area contributed by atoms with Crippen LogP contribution in [-0.4, -0.2) is 97.2 Å². The van der Waals surface area contributed by atoms with Gasteiger partial charge in [0.05, 0.1) is 32.9 Å². The van der Waals surface area contributed by atoms with Crippen LogP contribution in [0.3, 0.4) is 0 Å². The molecule has 0 aromatic carbocycles. The lowest BCUT2D eigenvalue weighted by Gasteiger charge is -2.44. The normalized spacial score (nSPS) is 29.3. The average molecular weight is 353 g/mol. The Morgan fingerprint density at radius 2 is 1.88 bits per heavy atom. The van der Waals surface area contributed by atoms with Crippen LogP contribution < -0.4 is 0 Å². The molecule has 0 aromatic heterocycles. The van der Waals surface area contributed by atoms with Gasteiger partial charge in [0, 0.05) is 32.2 Å². The van der Waals surface area contributed by atoms with E-state index < -0.39 is 5.60 Å². The Labute approximate surface area is 150 Å². The lowest BCUT2D eigenvalue weighted by molar-refractivity contribution is -0.176. The highest BCUT2D eigenvalue weighted by atomic mass is 16.5. The molecule has 0 saturated carbocycles. The summed E-state index contributed by atoms with van der Waals surface area (Å²) in [5.74, 6) is 0.154. The number of rotatable bonds is 3. The molecule has 2 amide bonds. The van der Waals surface area contributed by atoms with E-state index in [9.17, 15) is 9.59 Å². The van der Waals surface area contributed by atoms with Crippen LogP contribution in [0.25, 0.3) is 0 Å². The molecule has 142 valence electrons. The Kier molecular flexibility index (Phi) is 5.96. The highest BCUT2D eigenvalue weighted by Gasteiger charge is 2.48. The van der Waals surface area contributed by atoms with Gasteiger partial charge in [-0.05, 0) is 33.1 Å². The molecule has 0 aliphatic carbocycles. The zero-order chi connectivity index (χ0) is 17.9. The topological polar surface area (TPSA) is 62.3 Å². The Bertz CT molecular complexity index is 493. The molecule has 3 fully saturated rings. The predicted molar refractivity (Wildman–Crippen MR) is 93.2 cm³/mol. The van der Waals surface area contributed by atoms with E-state index in [1.165, 1.54) is 0 Å². The van der Waals surface area contributed by atoms with E-state index in [0.717, 1.165) is 32.5 Å². The quantitative estimate of drug-likeness (QED) is 0.732. The molecule has 3 aliphatic rings. The summed E-state index contributed by atoms with van der Waals surface area (Å²) in [4.78, 5) is 31.8. The molecule has 1 spiro atoms. The third-order valence-corrected chi connectivity index (χ3v) is 5.50. The molecule has 1 atom stereocenters. The van der Waals surface area contributed by atoms with Crippen molar-refractivity contribution in [3.8, 4) is 0 Å². The molecule has 0 aromatic rings. The Hall–Kier alpha value is -1.18. The Morgan fingerprint density at radius 1 is 1.12 bits per heavy atom. The van der Waals surface area contributed by atoms with Crippen molar-refractivity contribution in [2.45, 2.75) is 44.8 Å². The van der Waals surface area contributed by atoms with Crippen LogP contribution >= 0.6 is 0 Å². The first kappa shape index (κ1) is 18.6. The molecule has 3 heterocycles. The molecule has 7 heteroatoms. The van der Waals surface area contributed by atoms with Crippen molar-refractivity contribution in [3.05, 3.63) is 0 Å². The molecule has 3 saturated heterocycles. The minimum absolute atomic E-state index is 0.0591. The minimum Gasteiger partial charge on any atom is -0.379 e. The molecular formula is C18H31N3O4. The largest absolute Gasteiger partial charge is 0.379 e. The van der Waals surface area contributed by atoms with Crippen molar-refractivity contribution in [3.63, 3.8) is 0 Å². The third kappa shape index (κ3) is 4.15. The van der Waals surface area contributed by atoms with Gasteiger partial charge in [0.25, 0.3) is 5.91 Å². The van der Waals surface area contributed by atoms with Crippen LogP contribution in [0, 0.1) is 0 Å². The fraction of sp³-hybridized carbons (Fsp3) is 0.889. The second kappa shape index (κ2) is 8.01. The number of likely N-dealkylation sites (tertiary alicyclic amines) is 1. The minimum atomic E-state index is -0.848. The van der Waals surface area contributed by atoms with Crippen LogP contribution in [0.15, 0.2) is 0 Å². The zero-order valence-corrected chi connectivity index (χ0v) is 15.5. The smallest absolute Gasteiger partial charge is 0.256 e. The average Bonchev–Trinajstić information content (AvgIpc) is 2.76. The van der Waals surface area contributed by atoms with Gasteiger partial charge in [-0.2, -0.15) is 0 Å². The number of carbonyl (C=O) groups excluding carboxylic acids is 2. The lowest BCUT2D eigenvalue weighted by atomic mass is 9.93. The third-order valence-electron chi connectivity index (χ3n) is 5.50. The van der Waals surface area contributed by atoms with Crippen molar-refractivity contribution < 1.29 is 19.1 Å². The molecule has 3 rings (SSSR count). The Morgan fingerprint density at radius 3 is 2.60 bits per heavy atom. The van der Waals surface area contributed by atoms with Crippen LogP contribution in [0.1, 0.15) is 33.1 Å².